The lowest BCUT2D eigenvalue weighted by atomic mass is 10.1. The number of aliphatic hydroxyl groups excluding tert-OH is 1. The van der Waals surface area contributed by atoms with Gasteiger partial charge >= 0.3 is 0 Å². The second-order valence-electron chi connectivity index (χ2n) is 5.56. The number of benzene rings is 1. The first-order chi connectivity index (χ1) is 8.92. The van der Waals surface area contributed by atoms with Gasteiger partial charge in [-0.2, -0.15) is 0 Å². The molecule has 0 spiro atoms. The second kappa shape index (κ2) is 7.13. The van der Waals surface area contributed by atoms with Crippen molar-refractivity contribution in [3.8, 4) is 11.5 Å². The SMILES string of the molecule is CC(/C=C/c1ccccc1)=C(/C#C[Si](C)(C)C)CO. The van der Waals surface area contributed by atoms with E-state index in [-0.39, 0.29) is 6.61 Å². The van der Waals surface area contributed by atoms with Gasteiger partial charge in [0.05, 0.1) is 6.61 Å². The zero-order valence-electron chi connectivity index (χ0n) is 12.2. The molecule has 0 aliphatic rings. The fourth-order valence-corrected chi connectivity index (χ4v) is 1.94. The minimum Gasteiger partial charge on any atom is -0.391 e. The van der Waals surface area contributed by atoms with E-state index in [1.54, 1.807) is 0 Å². The Morgan fingerprint density at radius 3 is 2.37 bits per heavy atom. The first-order valence-corrected chi connectivity index (χ1v) is 9.99. The fraction of sp³-hybridized carbons (Fsp3) is 0.294. The third-order valence-electron chi connectivity index (χ3n) is 2.55. The van der Waals surface area contributed by atoms with Crippen molar-refractivity contribution in [1.82, 2.24) is 0 Å². The molecule has 0 radical (unpaired) electrons. The maximum Gasteiger partial charge on any atom is 0.129 e. The maximum absolute atomic E-state index is 9.41. The summed E-state index contributed by atoms with van der Waals surface area (Å²) in [6, 6.07) is 10.1. The second-order valence-corrected chi connectivity index (χ2v) is 10.3. The summed E-state index contributed by atoms with van der Waals surface area (Å²) in [4.78, 5) is 0. The van der Waals surface area contributed by atoms with E-state index in [1.165, 1.54) is 0 Å². The van der Waals surface area contributed by atoms with Crippen molar-refractivity contribution < 1.29 is 5.11 Å². The molecule has 0 aliphatic carbocycles. The van der Waals surface area contributed by atoms with E-state index in [1.807, 2.05) is 37.3 Å². The van der Waals surface area contributed by atoms with Gasteiger partial charge in [0.15, 0.2) is 0 Å². The Morgan fingerprint density at radius 2 is 1.84 bits per heavy atom. The smallest absolute Gasteiger partial charge is 0.129 e. The van der Waals surface area contributed by atoms with E-state index in [0.29, 0.717) is 0 Å². The van der Waals surface area contributed by atoms with Crippen LogP contribution in [0.25, 0.3) is 6.08 Å². The lowest BCUT2D eigenvalue weighted by Gasteiger charge is -2.05. The normalized spacial score (nSPS) is 12.9. The Hall–Kier alpha value is -1.56. The van der Waals surface area contributed by atoms with Crippen molar-refractivity contribution in [1.29, 1.82) is 0 Å². The molecule has 0 saturated heterocycles. The Balaban J connectivity index is 2.93. The topological polar surface area (TPSA) is 20.2 Å². The minimum absolute atomic E-state index is 0.00242. The molecule has 1 aromatic carbocycles. The molecule has 0 heterocycles. The molecule has 0 atom stereocenters. The van der Waals surface area contributed by atoms with Crippen LogP contribution < -0.4 is 0 Å². The van der Waals surface area contributed by atoms with Gasteiger partial charge in [-0.25, -0.2) is 0 Å². The molecule has 2 heteroatoms. The van der Waals surface area contributed by atoms with Crippen LogP contribution in [-0.4, -0.2) is 19.8 Å². The molecule has 1 N–H and O–H groups in total. The van der Waals surface area contributed by atoms with E-state index in [2.05, 4.69) is 43.2 Å². The highest BCUT2D eigenvalue weighted by Gasteiger charge is 2.07. The summed E-state index contributed by atoms with van der Waals surface area (Å²) in [5.74, 6) is 3.14. The summed E-state index contributed by atoms with van der Waals surface area (Å²) in [6.45, 7) is 8.59. The minimum atomic E-state index is -1.40. The first kappa shape index (κ1) is 15.5. The van der Waals surface area contributed by atoms with Crippen LogP contribution in [0.2, 0.25) is 19.6 Å². The van der Waals surface area contributed by atoms with Gasteiger partial charge in [0.25, 0.3) is 0 Å². The number of hydrogen-bond acceptors (Lipinski definition) is 1. The standard InChI is InChI=1S/C17H22OSi/c1-15(10-11-16-8-6-5-7-9-16)17(14-18)12-13-19(2,3)4/h5-11,18H,14H2,1-4H3/b11-10+,17-15+. The van der Waals surface area contributed by atoms with Gasteiger partial charge in [-0.3, -0.25) is 0 Å². The average Bonchev–Trinajstić information content (AvgIpc) is 2.37. The van der Waals surface area contributed by atoms with E-state index in [9.17, 15) is 5.11 Å². The predicted octanol–water partition coefficient (Wildman–Crippen LogP) is 3.89. The molecular formula is C17H22OSi. The van der Waals surface area contributed by atoms with Crippen molar-refractivity contribution in [2.45, 2.75) is 26.6 Å². The van der Waals surface area contributed by atoms with Crippen LogP contribution in [0.5, 0.6) is 0 Å². The van der Waals surface area contributed by atoms with Gasteiger partial charge in [0.2, 0.25) is 0 Å². The quantitative estimate of drug-likeness (QED) is 0.502. The number of hydrogen-bond donors (Lipinski definition) is 1. The van der Waals surface area contributed by atoms with E-state index >= 15 is 0 Å². The van der Waals surface area contributed by atoms with Gasteiger partial charge in [0.1, 0.15) is 8.07 Å². The van der Waals surface area contributed by atoms with Crippen LogP contribution in [0.1, 0.15) is 12.5 Å². The zero-order valence-corrected chi connectivity index (χ0v) is 13.2. The van der Waals surface area contributed by atoms with E-state index in [0.717, 1.165) is 16.7 Å². The molecule has 0 saturated carbocycles. The van der Waals surface area contributed by atoms with E-state index < -0.39 is 8.07 Å². The Morgan fingerprint density at radius 1 is 1.21 bits per heavy atom. The highest BCUT2D eigenvalue weighted by Crippen LogP contribution is 2.09. The van der Waals surface area contributed by atoms with Crippen molar-refractivity contribution in [2.75, 3.05) is 6.61 Å². The molecule has 1 aromatic rings. The Bertz CT molecular complexity index is 522. The molecule has 0 aromatic heterocycles. The number of allylic oxidation sites excluding steroid dienone is 2. The summed E-state index contributed by atoms with van der Waals surface area (Å²) >= 11 is 0. The predicted molar refractivity (Wildman–Crippen MR) is 86.4 cm³/mol. The van der Waals surface area contributed by atoms with Gasteiger partial charge in [-0.15, -0.1) is 5.54 Å². The molecule has 0 fully saturated rings. The van der Waals surface area contributed by atoms with Crippen LogP contribution in [0.4, 0.5) is 0 Å². The summed E-state index contributed by atoms with van der Waals surface area (Å²) in [5.41, 5.74) is 6.28. The summed E-state index contributed by atoms with van der Waals surface area (Å²) < 4.78 is 0. The third kappa shape index (κ3) is 6.24. The third-order valence-corrected chi connectivity index (χ3v) is 3.42. The van der Waals surface area contributed by atoms with Gasteiger partial charge in [-0.05, 0) is 18.1 Å². The maximum atomic E-state index is 9.41. The molecule has 100 valence electrons. The molecule has 0 amide bonds. The lowest BCUT2D eigenvalue weighted by Crippen LogP contribution is -2.16. The average molecular weight is 270 g/mol. The van der Waals surface area contributed by atoms with Crippen molar-refractivity contribution >= 4 is 14.1 Å². The Labute approximate surface area is 117 Å². The molecular weight excluding hydrogens is 248 g/mol. The van der Waals surface area contributed by atoms with Gasteiger partial charge in [-0.1, -0.05) is 68.0 Å². The fourth-order valence-electron chi connectivity index (χ4n) is 1.41. The van der Waals surface area contributed by atoms with Crippen LogP contribution in [0.15, 0.2) is 47.6 Å². The molecule has 0 aliphatic heterocycles. The van der Waals surface area contributed by atoms with Crippen LogP contribution in [0, 0.1) is 11.5 Å². The monoisotopic (exact) mass is 270 g/mol. The largest absolute Gasteiger partial charge is 0.391 e. The highest BCUT2D eigenvalue weighted by atomic mass is 28.3. The molecule has 1 nitrogen and oxygen atoms in total. The Kier molecular flexibility index (Phi) is 5.82. The van der Waals surface area contributed by atoms with Crippen molar-refractivity contribution in [2.24, 2.45) is 0 Å². The van der Waals surface area contributed by atoms with Crippen LogP contribution in [-0.2, 0) is 0 Å². The van der Waals surface area contributed by atoms with E-state index in [4.69, 9.17) is 0 Å². The van der Waals surface area contributed by atoms with Gasteiger partial charge < -0.3 is 5.11 Å². The van der Waals surface area contributed by atoms with Crippen LogP contribution in [0.3, 0.4) is 0 Å². The summed E-state index contributed by atoms with van der Waals surface area (Å²) in [6.07, 6.45) is 4.06. The first-order valence-electron chi connectivity index (χ1n) is 6.49. The van der Waals surface area contributed by atoms with Crippen LogP contribution >= 0.6 is 0 Å². The highest BCUT2D eigenvalue weighted by molar-refractivity contribution is 6.83. The molecule has 19 heavy (non-hydrogen) atoms. The molecule has 1 rings (SSSR count). The molecule has 0 unspecified atom stereocenters. The summed E-state index contributed by atoms with van der Waals surface area (Å²) in [5, 5.41) is 9.41. The zero-order chi connectivity index (χ0) is 14.3. The summed E-state index contributed by atoms with van der Waals surface area (Å²) in [7, 11) is -1.40. The lowest BCUT2D eigenvalue weighted by molar-refractivity contribution is 0.335. The van der Waals surface area contributed by atoms with Gasteiger partial charge in [0, 0.05) is 5.57 Å². The molecule has 0 bridgehead atoms. The van der Waals surface area contributed by atoms with Crippen molar-refractivity contribution in [3.05, 3.63) is 53.1 Å². The number of rotatable bonds is 3. The van der Waals surface area contributed by atoms with Crippen molar-refractivity contribution in [3.63, 3.8) is 0 Å². The number of aliphatic hydroxyl groups is 1.